The lowest BCUT2D eigenvalue weighted by Gasteiger charge is -2.69. The first-order valence-corrected chi connectivity index (χ1v) is 15.1. The number of esters is 5. The second-order valence-corrected chi connectivity index (χ2v) is 14.3. The average Bonchev–Trinajstić information content (AvgIpc) is 3.47. The summed E-state index contributed by atoms with van der Waals surface area (Å²) in [6.07, 6.45) is -1.44. The van der Waals surface area contributed by atoms with Crippen LogP contribution in [0.4, 0.5) is 0 Å². The summed E-state index contributed by atoms with van der Waals surface area (Å²) in [5, 5.41) is 0. The van der Waals surface area contributed by atoms with E-state index in [-0.39, 0.29) is 19.3 Å². The summed E-state index contributed by atoms with van der Waals surface area (Å²) in [6, 6.07) is 1.71. The Labute approximate surface area is 255 Å². The Bertz CT molecular complexity index is 1420. The quantitative estimate of drug-likeness (QED) is 0.275. The maximum Gasteiger partial charge on any atom is 0.339 e. The van der Waals surface area contributed by atoms with Gasteiger partial charge in [0.2, 0.25) is 0 Å². The number of carbonyl (C=O) groups excluding carboxylic acids is 5. The molecular formula is C32H40O12. The molecule has 2 aliphatic carbocycles. The molecule has 5 fully saturated rings. The minimum Gasteiger partial charge on any atom is -0.472 e. The fourth-order valence-corrected chi connectivity index (χ4v) is 10.3. The fourth-order valence-electron chi connectivity index (χ4n) is 10.3. The molecule has 0 aromatic carbocycles. The molecular weight excluding hydrogens is 576 g/mol. The van der Waals surface area contributed by atoms with Crippen LogP contribution >= 0.6 is 0 Å². The van der Waals surface area contributed by atoms with Crippen molar-refractivity contribution >= 4 is 29.8 Å². The maximum absolute atomic E-state index is 13.6. The van der Waals surface area contributed by atoms with E-state index in [2.05, 4.69) is 0 Å². The molecule has 1 unspecified atom stereocenters. The van der Waals surface area contributed by atoms with Gasteiger partial charge in [-0.2, -0.15) is 0 Å². The Hall–Kier alpha value is -3.41. The van der Waals surface area contributed by atoms with Gasteiger partial charge in [0.25, 0.3) is 0 Å². The van der Waals surface area contributed by atoms with Crippen LogP contribution in [0.25, 0.3) is 0 Å². The number of rotatable bonds is 4. The molecule has 0 bridgehead atoms. The van der Waals surface area contributed by atoms with Crippen molar-refractivity contribution in [3.05, 3.63) is 24.2 Å². The van der Waals surface area contributed by atoms with Gasteiger partial charge in [0, 0.05) is 54.4 Å². The highest BCUT2D eigenvalue weighted by molar-refractivity contribution is 5.83. The number of furan rings is 1. The van der Waals surface area contributed by atoms with Crippen LogP contribution in [-0.2, 0) is 52.4 Å². The first-order chi connectivity index (χ1) is 20.4. The van der Waals surface area contributed by atoms with Crippen LogP contribution in [0.15, 0.2) is 23.0 Å². The normalized spacial score (nSPS) is 45.0. The van der Waals surface area contributed by atoms with E-state index in [9.17, 15) is 24.0 Å². The van der Waals surface area contributed by atoms with Crippen LogP contribution in [0.3, 0.4) is 0 Å². The molecule has 1 spiro atoms. The molecule has 4 heterocycles. The molecule has 44 heavy (non-hydrogen) atoms. The zero-order valence-corrected chi connectivity index (χ0v) is 26.3. The van der Waals surface area contributed by atoms with Crippen molar-refractivity contribution in [3.63, 3.8) is 0 Å². The second-order valence-electron chi connectivity index (χ2n) is 14.3. The molecule has 0 N–H and O–H groups in total. The van der Waals surface area contributed by atoms with E-state index < -0.39 is 99.6 Å². The predicted molar refractivity (Wildman–Crippen MR) is 147 cm³/mol. The number of hydrogen-bond acceptors (Lipinski definition) is 12. The Morgan fingerprint density at radius 3 is 2.11 bits per heavy atom. The topological polar surface area (TPSA) is 157 Å². The first kappa shape index (κ1) is 30.6. The third kappa shape index (κ3) is 3.88. The number of hydrogen-bond donors (Lipinski definition) is 0. The first-order valence-electron chi connectivity index (χ1n) is 15.1. The Morgan fingerprint density at radius 1 is 0.886 bits per heavy atom. The molecule has 12 heteroatoms. The van der Waals surface area contributed by atoms with Gasteiger partial charge in [0.05, 0.1) is 18.9 Å². The van der Waals surface area contributed by atoms with Crippen molar-refractivity contribution < 1.29 is 56.8 Å². The van der Waals surface area contributed by atoms with E-state index in [1.807, 2.05) is 20.8 Å². The standard InChI is InChI=1S/C32H40O12/c1-15(33)39-19-13-29(6)25(18-9-10-38-14-18)42-27(37)26-32(29,44-26)31(8)22(41-17(3)35)11-20-28(4,5)43-23(36)12-21(40-16(2)34)30(20,7)24(19)31/h9-10,14,19-22,24-26H,11-13H2,1-8H3/t19-,20-,21-,22+,24?,25-,26+,29-,30+,31+,32+/m0/s1. The summed E-state index contributed by atoms with van der Waals surface area (Å²) in [5.74, 6) is -4.07. The van der Waals surface area contributed by atoms with Crippen LogP contribution in [-0.4, -0.2) is 65.5 Å². The lowest BCUT2D eigenvalue weighted by molar-refractivity contribution is -0.303. The predicted octanol–water partition coefficient (Wildman–Crippen LogP) is 3.59. The van der Waals surface area contributed by atoms with Crippen molar-refractivity contribution in [2.75, 3.05) is 0 Å². The minimum atomic E-state index is -1.26. The number of cyclic esters (lactones) is 2. The Balaban J connectivity index is 1.65. The second kappa shape index (κ2) is 9.55. The average molecular weight is 617 g/mol. The number of ether oxygens (including phenoxy) is 6. The highest BCUT2D eigenvalue weighted by atomic mass is 16.7. The van der Waals surface area contributed by atoms with Crippen molar-refractivity contribution in [1.82, 2.24) is 0 Å². The summed E-state index contributed by atoms with van der Waals surface area (Å²) >= 11 is 0. The van der Waals surface area contributed by atoms with Crippen molar-refractivity contribution in [3.8, 4) is 0 Å². The number of carbonyl (C=O) groups is 5. The van der Waals surface area contributed by atoms with E-state index in [1.165, 1.54) is 33.3 Å². The summed E-state index contributed by atoms with van der Waals surface area (Å²) in [4.78, 5) is 65.0. The zero-order chi connectivity index (χ0) is 32.2. The molecule has 3 aliphatic heterocycles. The molecule has 1 aromatic rings. The molecule has 5 aliphatic rings. The zero-order valence-electron chi connectivity index (χ0n) is 26.3. The monoisotopic (exact) mass is 616 g/mol. The summed E-state index contributed by atoms with van der Waals surface area (Å²) < 4.78 is 42.2. The van der Waals surface area contributed by atoms with Gasteiger partial charge in [0.15, 0.2) is 6.10 Å². The van der Waals surface area contributed by atoms with Crippen LogP contribution < -0.4 is 0 Å². The lowest BCUT2D eigenvalue weighted by atomic mass is 9.35. The van der Waals surface area contributed by atoms with E-state index in [4.69, 9.17) is 32.8 Å². The molecule has 6 rings (SSSR count). The Kier molecular flexibility index (Phi) is 6.64. The highest BCUT2D eigenvalue weighted by Gasteiger charge is 2.90. The van der Waals surface area contributed by atoms with E-state index in [0.717, 1.165) is 0 Å². The molecule has 12 nitrogen and oxygen atoms in total. The minimum absolute atomic E-state index is 0.184. The third-order valence-electron chi connectivity index (χ3n) is 11.5. The van der Waals surface area contributed by atoms with Crippen molar-refractivity contribution in [1.29, 1.82) is 0 Å². The van der Waals surface area contributed by atoms with Gasteiger partial charge in [-0.1, -0.05) is 20.8 Å². The van der Waals surface area contributed by atoms with Gasteiger partial charge in [-0.25, -0.2) is 4.79 Å². The molecule has 11 atom stereocenters. The summed E-state index contributed by atoms with van der Waals surface area (Å²) in [7, 11) is 0. The van der Waals surface area contributed by atoms with Gasteiger partial charge >= 0.3 is 29.8 Å². The fraction of sp³-hybridized carbons (Fsp3) is 0.719. The number of fused-ring (bicyclic) bond motifs is 3. The summed E-state index contributed by atoms with van der Waals surface area (Å²) in [6.45, 7) is 13.2. The molecule has 240 valence electrons. The van der Waals surface area contributed by atoms with E-state index >= 15 is 0 Å². The van der Waals surface area contributed by atoms with Crippen LogP contribution in [0.1, 0.15) is 86.3 Å². The number of epoxide rings is 1. The molecule has 3 saturated heterocycles. The van der Waals surface area contributed by atoms with E-state index in [1.54, 1.807) is 19.9 Å². The largest absolute Gasteiger partial charge is 0.472 e. The van der Waals surface area contributed by atoms with Crippen molar-refractivity contribution in [2.45, 2.75) is 116 Å². The highest BCUT2D eigenvalue weighted by Crippen LogP contribution is 2.80. The van der Waals surface area contributed by atoms with Gasteiger partial charge in [-0.3, -0.25) is 19.2 Å². The SMILES string of the molecule is CC(=O)O[C@H]1C[C@@]2(C)[C@H](c3ccoc3)OC(=O)[C@H]3O[C@]32[C@@]2(C)C1[C@@]1(C)[C@@H](OC(C)=O)CC(=O)OC(C)(C)[C@@H]1C[C@H]2OC(C)=O. The Morgan fingerprint density at radius 2 is 1.52 bits per heavy atom. The van der Waals surface area contributed by atoms with Gasteiger partial charge < -0.3 is 32.8 Å². The maximum atomic E-state index is 13.6. The van der Waals surface area contributed by atoms with Gasteiger partial charge in [-0.05, 0) is 32.8 Å². The van der Waals surface area contributed by atoms with Crippen LogP contribution in [0.2, 0.25) is 0 Å². The van der Waals surface area contributed by atoms with Crippen LogP contribution in [0, 0.1) is 28.1 Å². The van der Waals surface area contributed by atoms with Crippen molar-refractivity contribution in [2.24, 2.45) is 28.1 Å². The van der Waals surface area contributed by atoms with Crippen LogP contribution in [0.5, 0.6) is 0 Å². The molecule has 0 amide bonds. The smallest absolute Gasteiger partial charge is 0.339 e. The van der Waals surface area contributed by atoms with Gasteiger partial charge in [0.1, 0.15) is 35.6 Å². The molecule has 0 radical (unpaired) electrons. The molecule has 1 aromatic heterocycles. The lowest BCUT2D eigenvalue weighted by Crippen LogP contribution is -2.77. The van der Waals surface area contributed by atoms with Gasteiger partial charge in [-0.15, -0.1) is 0 Å². The summed E-state index contributed by atoms with van der Waals surface area (Å²) in [5.41, 5.74) is -5.06. The van der Waals surface area contributed by atoms with E-state index in [0.29, 0.717) is 5.56 Å². The molecule has 2 saturated carbocycles. The third-order valence-corrected chi connectivity index (χ3v) is 11.5.